The Hall–Kier alpha value is -2.88. The van der Waals surface area contributed by atoms with Crippen LogP contribution in [0.1, 0.15) is 26.3 Å². The summed E-state index contributed by atoms with van der Waals surface area (Å²) >= 11 is 9.77. The quantitative estimate of drug-likeness (QED) is 0.307. The Bertz CT molecular complexity index is 1370. The number of amides is 2. The molecule has 0 aliphatic rings. The first-order valence-corrected chi connectivity index (χ1v) is 14.8. The Balaban J connectivity index is 2.01. The Kier molecular flexibility index (Phi) is 10.4. The number of nitrogens with one attached hydrogen (secondary N) is 1. The summed E-state index contributed by atoms with van der Waals surface area (Å²) in [5.74, 6) is -0.655. The minimum Gasteiger partial charge on any atom is -0.354 e. The molecule has 0 fully saturated rings. The number of carbonyl (C=O) groups is 2. The zero-order valence-electron chi connectivity index (χ0n) is 21.5. The molecular formula is C28H31BrClN3O4S. The summed E-state index contributed by atoms with van der Waals surface area (Å²) in [5.41, 5.74) is 0.956. The average molecular weight is 621 g/mol. The van der Waals surface area contributed by atoms with Crippen LogP contribution in [0.15, 0.2) is 88.2 Å². The van der Waals surface area contributed by atoms with Crippen LogP contribution in [0.4, 0.5) is 5.69 Å². The van der Waals surface area contributed by atoms with Gasteiger partial charge in [-0.05, 0) is 54.8 Å². The SMILES string of the molecule is CC(C)CNC(=O)C(C)N(Cc1ccccc1Cl)C(=O)CN(c1cccc(Br)c1)S(=O)(=O)c1ccccc1. The monoisotopic (exact) mass is 619 g/mol. The molecule has 0 bridgehead atoms. The van der Waals surface area contributed by atoms with Gasteiger partial charge in [0.05, 0.1) is 10.6 Å². The van der Waals surface area contributed by atoms with Gasteiger partial charge in [0.25, 0.3) is 10.0 Å². The highest BCUT2D eigenvalue weighted by Gasteiger charge is 2.32. The maximum Gasteiger partial charge on any atom is 0.264 e. The summed E-state index contributed by atoms with van der Waals surface area (Å²) in [4.78, 5) is 28.3. The van der Waals surface area contributed by atoms with Crippen molar-refractivity contribution in [2.24, 2.45) is 5.92 Å². The van der Waals surface area contributed by atoms with Crippen LogP contribution in [0, 0.1) is 5.92 Å². The van der Waals surface area contributed by atoms with E-state index in [0.29, 0.717) is 27.3 Å². The number of rotatable bonds is 11. The van der Waals surface area contributed by atoms with E-state index in [2.05, 4.69) is 21.2 Å². The molecule has 202 valence electrons. The van der Waals surface area contributed by atoms with Gasteiger partial charge in [-0.15, -0.1) is 0 Å². The lowest BCUT2D eigenvalue weighted by atomic mass is 10.1. The minimum absolute atomic E-state index is 0.0342. The first-order valence-electron chi connectivity index (χ1n) is 12.1. The zero-order valence-corrected chi connectivity index (χ0v) is 24.6. The van der Waals surface area contributed by atoms with Crippen LogP contribution in [-0.2, 0) is 26.2 Å². The maximum absolute atomic E-state index is 13.9. The van der Waals surface area contributed by atoms with Crippen LogP contribution in [-0.4, -0.2) is 44.3 Å². The molecule has 0 saturated carbocycles. The van der Waals surface area contributed by atoms with Crippen molar-refractivity contribution in [3.8, 4) is 0 Å². The molecule has 0 radical (unpaired) electrons. The second-order valence-electron chi connectivity index (χ2n) is 9.23. The molecule has 0 aromatic heterocycles. The molecule has 3 aromatic rings. The highest BCUT2D eigenvalue weighted by Crippen LogP contribution is 2.27. The number of nitrogens with zero attached hydrogens (tertiary/aromatic N) is 2. The van der Waals surface area contributed by atoms with E-state index in [1.54, 1.807) is 73.7 Å². The summed E-state index contributed by atoms with van der Waals surface area (Å²) in [7, 11) is -4.11. The Morgan fingerprint density at radius 2 is 1.61 bits per heavy atom. The van der Waals surface area contributed by atoms with Gasteiger partial charge >= 0.3 is 0 Å². The lowest BCUT2D eigenvalue weighted by Gasteiger charge is -2.32. The molecule has 38 heavy (non-hydrogen) atoms. The maximum atomic E-state index is 13.9. The highest BCUT2D eigenvalue weighted by molar-refractivity contribution is 9.10. The van der Waals surface area contributed by atoms with Gasteiger partial charge in [-0.25, -0.2) is 8.42 Å². The third-order valence-electron chi connectivity index (χ3n) is 5.86. The van der Waals surface area contributed by atoms with Crippen molar-refractivity contribution in [3.63, 3.8) is 0 Å². The summed E-state index contributed by atoms with van der Waals surface area (Å²) in [6, 6.07) is 20.8. The molecule has 0 heterocycles. The van der Waals surface area contributed by atoms with Crippen molar-refractivity contribution in [1.29, 1.82) is 0 Å². The third-order valence-corrected chi connectivity index (χ3v) is 8.51. The second kappa shape index (κ2) is 13.3. The number of benzene rings is 3. The Labute approximate surface area is 238 Å². The van der Waals surface area contributed by atoms with Crippen LogP contribution in [0.25, 0.3) is 0 Å². The largest absolute Gasteiger partial charge is 0.354 e. The lowest BCUT2D eigenvalue weighted by Crippen LogP contribution is -2.51. The predicted molar refractivity (Wildman–Crippen MR) is 154 cm³/mol. The number of hydrogen-bond acceptors (Lipinski definition) is 4. The molecule has 2 amide bonds. The fraction of sp³-hybridized carbons (Fsp3) is 0.286. The standard InChI is InChI=1S/C28H31BrClN3O4S/c1-20(2)17-31-28(35)21(3)32(18-22-10-7-8-15-26(22)30)27(34)19-33(24-12-9-11-23(29)16-24)38(36,37)25-13-5-4-6-14-25/h4-16,20-21H,17-19H2,1-3H3,(H,31,35). The van der Waals surface area contributed by atoms with E-state index in [1.807, 2.05) is 13.8 Å². The molecule has 1 N–H and O–H groups in total. The molecule has 0 spiro atoms. The smallest absolute Gasteiger partial charge is 0.264 e. The average Bonchev–Trinajstić information content (AvgIpc) is 2.89. The second-order valence-corrected chi connectivity index (χ2v) is 12.4. The number of halogens is 2. The van der Waals surface area contributed by atoms with Gasteiger partial charge in [-0.2, -0.15) is 0 Å². The van der Waals surface area contributed by atoms with E-state index in [9.17, 15) is 18.0 Å². The van der Waals surface area contributed by atoms with Crippen LogP contribution in [0.3, 0.4) is 0 Å². The summed E-state index contributed by atoms with van der Waals surface area (Å²) < 4.78 is 29.2. The van der Waals surface area contributed by atoms with Crippen molar-refractivity contribution in [2.45, 2.75) is 38.3 Å². The van der Waals surface area contributed by atoms with Gasteiger partial charge in [0.2, 0.25) is 11.8 Å². The van der Waals surface area contributed by atoms with Gasteiger partial charge in [0.15, 0.2) is 0 Å². The lowest BCUT2D eigenvalue weighted by molar-refractivity contribution is -0.139. The molecule has 1 atom stereocenters. The fourth-order valence-electron chi connectivity index (χ4n) is 3.72. The topological polar surface area (TPSA) is 86.8 Å². The molecule has 0 saturated heterocycles. The molecule has 10 heteroatoms. The van der Waals surface area contributed by atoms with Gasteiger partial charge in [-0.3, -0.25) is 13.9 Å². The first-order chi connectivity index (χ1) is 18.0. The van der Waals surface area contributed by atoms with Gasteiger partial charge in [0, 0.05) is 22.6 Å². The third kappa shape index (κ3) is 7.58. The van der Waals surface area contributed by atoms with Crippen molar-refractivity contribution >= 4 is 55.1 Å². The fourth-order valence-corrected chi connectivity index (χ4v) is 5.73. The van der Waals surface area contributed by atoms with Gasteiger partial charge < -0.3 is 10.2 Å². The van der Waals surface area contributed by atoms with Gasteiger partial charge in [-0.1, -0.05) is 83.8 Å². The molecule has 1 unspecified atom stereocenters. The van der Waals surface area contributed by atoms with E-state index < -0.39 is 28.5 Å². The number of hydrogen-bond donors (Lipinski definition) is 1. The van der Waals surface area contributed by atoms with Crippen LogP contribution >= 0.6 is 27.5 Å². The molecule has 3 rings (SSSR count). The van der Waals surface area contributed by atoms with Crippen LogP contribution in [0.2, 0.25) is 5.02 Å². The molecular weight excluding hydrogens is 590 g/mol. The van der Waals surface area contributed by atoms with Gasteiger partial charge in [0.1, 0.15) is 12.6 Å². The predicted octanol–water partition coefficient (Wildman–Crippen LogP) is 5.49. The zero-order chi connectivity index (χ0) is 27.9. The van der Waals surface area contributed by atoms with E-state index in [1.165, 1.54) is 17.0 Å². The summed E-state index contributed by atoms with van der Waals surface area (Å²) in [6.07, 6.45) is 0. The van der Waals surface area contributed by atoms with Crippen LogP contribution in [0.5, 0.6) is 0 Å². The van der Waals surface area contributed by atoms with E-state index in [-0.39, 0.29) is 23.3 Å². The summed E-state index contributed by atoms with van der Waals surface area (Å²) in [6.45, 7) is 5.54. The van der Waals surface area contributed by atoms with E-state index in [0.717, 1.165) is 4.31 Å². The van der Waals surface area contributed by atoms with Crippen molar-refractivity contribution < 1.29 is 18.0 Å². The number of carbonyl (C=O) groups excluding carboxylic acids is 2. The summed E-state index contributed by atoms with van der Waals surface area (Å²) in [5, 5.41) is 3.31. The molecule has 0 aliphatic carbocycles. The molecule has 7 nitrogen and oxygen atoms in total. The van der Waals surface area contributed by atoms with E-state index in [4.69, 9.17) is 11.6 Å². The van der Waals surface area contributed by atoms with Crippen molar-refractivity contribution in [1.82, 2.24) is 10.2 Å². The molecule has 3 aromatic carbocycles. The molecule has 0 aliphatic heterocycles. The number of anilines is 1. The Morgan fingerprint density at radius 3 is 2.24 bits per heavy atom. The Morgan fingerprint density at radius 1 is 0.947 bits per heavy atom. The van der Waals surface area contributed by atoms with Crippen molar-refractivity contribution in [3.05, 3.63) is 93.9 Å². The van der Waals surface area contributed by atoms with E-state index >= 15 is 0 Å². The number of sulfonamides is 1. The normalized spacial score (nSPS) is 12.2. The first kappa shape index (κ1) is 29.7. The minimum atomic E-state index is -4.11. The van der Waals surface area contributed by atoms with Crippen molar-refractivity contribution in [2.75, 3.05) is 17.4 Å². The highest BCUT2D eigenvalue weighted by atomic mass is 79.9. The van der Waals surface area contributed by atoms with Crippen LogP contribution < -0.4 is 9.62 Å².